The Hall–Kier alpha value is -5.05. The first-order valence-electron chi connectivity index (χ1n) is 19.5. The molecule has 2 aromatic carbocycles. The molecule has 4 aliphatic heterocycles. The Labute approximate surface area is 320 Å². The first-order valence-corrected chi connectivity index (χ1v) is 19.9. The van der Waals surface area contributed by atoms with Crippen molar-refractivity contribution in [3.63, 3.8) is 0 Å². The van der Waals surface area contributed by atoms with Gasteiger partial charge in [0.2, 0.25) is 5.91 Å². The number of nitrogens with zero attached hydrogens (tertiary/aromatic N) is 7. The number of fused-ring (bicyclic) bond motifs is 2. The lowest BCUT2D eigenvalue weighted by Crippen LogP contribution is -2.49. The second-order valence-electron chi connectivity index (χ2n) is 15.5. The molecular formula is C42H46ClN9O2. The van der Waals surface area contributed by atoms with Crippen molar-refractivity contribution < 1.29 is 9.59 Å². The molecule has 12 heteroatoms. The molecule has 0 radical (unpaired) electrons. The number of H-pyrrole nitrogens is 1. The summed E-state index contributed by atoms with van der Waals surface area (Å²) in [6, 6.07) is 19.1. The van der Waals surface area contributed by atoms with Gasteiger partial charge in [-0.2, -0.15) is 5.26 Å². The monoisotopic (exact) mass is 743 g/mol. The number of pyridine rings is 1. The number of hydrogen-bond donors (Lipinski definition) is 2. The van der Waals surface area contributed by atoms with E-state index in [0.717, 1.165) is 110 Å². The van der Waals surface area contributed by atoms with Gasteiger partial charge in [-0.05, 0) is 86.4 Å². The quantitative estimate of drug-likeness (QED) is 0.178. The van der Waals surface area contributed by atoms with Crippen LogP contribution in [0.1, 0.15) is 68.0 Å². The average Bonchev–Trinajstić information content (AvgIpc) is 3.85. The molecule has 9 rings (SSSR count). The summed E-state index contributed by atoms with van der Waals surface area (Å²) in [5, 5.41) is 14.5. The van der Waals surface area contributed by atoms with Gasteiger partial charge in [0.05, 0.1) is 33.0 Å². The smallest absolute Gasteiger partial charge is 0.328 e. The number of nitrogens with one attached hydrogen (secondary N) is 2. The van der Waals surface area contributed by atoms with Crippen molar-refractivity contribution in [1.29, 1.82) is 5.26 Å². The minimum atomic E-state index is -0.339. The molecule has 11 nitrogen and oxygen atoms in total. The minimum absolute atomic E-state index is 0.211. The summed E-state index contributed by atoms with van der Waals surface area (Å²) in [5.41, 5.74) is 5.93. The standard InChI is InChI=1S/C42H46ClN9O2/c43-34-7-8-37(41-40(34)31(23-44)25-46-41)50-16-2-3-30(27-50)29-6-9-38(45-24-29)49-19-10-28(11-20-49)26-48-17-12-32(13-18-48)51-21-14-33-35(51)4-1-5-36(33)52-22-15-39(53)47-42(52)54/h1,4-9,14,21,24-25,28,30,32,46H,2-3,10-13,15-20,22,26-27H2,(H,47,53,54). The van der Waals surface area contributed by atoms with Crippen LogP contribution in [0.5, 0.6) is 0 Å². The van der Waals surface area contributed by atoms with Crippen LogP contribution in [0.2, 0.25) is 5.02 Å². The number of aromatic nitrogens is 3. The first kappa shape index (κ1) is 34.7. The van der Waals surface area contributed by atoms with E-state index in [9.17, 15) is 14.9 Å². The Morgan fingerprint density at radius 1 is 0.889 bits per heavy atom. The molecule has 0 aliphatic carbocycles. The number of imide groups is 1. The predicted molar refractivity (Wildman–Crippen MR) is 214 cm³/mol. The number of urea groups is 1. The summed E-state index contributed by atoms with van der Waals surface area (Å²) in [5.74, 6) is 1.97. The molecule has 3 aromatic heterocycles. The normalized spacial score (nSPS) is 20.9. The van der Waals surface area contributed by atoms with Crippen molar-refractivity contribution in [1.82, 2.24) is 24.8 Å². The van der Waals surface area contributed by atoms with Crippen LogP contribution in [0, 0.1) is 17.2 Å². The molecule has 54 heavy (non-hydrogen) atoms. The van der Waals surface area contributed by atoms with Gasteiger partial charge in [-0.15, -0.1) is 0 Å². The lowest BCUT2D eigenvalue weighted by molar-refractivity contribution is -0.120. The number of likely N-dealkylation sites (tertiary alicyclic amines) is 1. The molecule has 1 atom stereocenters. The zero-order valence-electron chi connectivity index (χ0n) is 30.5. The van der Waals surface area contributed by atoms with Crippen LogP contribution >= 0.6 is 11.6 Å². The molecule has 3 amide bonds. The first-order chi connectivity index (χ1) is 26.4. The largest absolute Gasteiger partial charge is 0.369 e. The van der Waals surface area contributed by atoms with Crippen LogP contribution in [0.15, 0.2) is 67.1 Å². The summed E-state index contributed by atoms with van der Waals surface area (Å²) in [4.78, 5) is 41.8. The lowest BCUT2D eigenvalue weighted by Gasteiger charge is -2.38. The van der Waals surface area contributed by atoms with Gasteiger partial charge in [0.15, 0.2) is 0 Å². The average molecular weight is 744 g/mol. The van der Waals surface area contributed by atoms with Gasteiger partial charge >= 0.3 is 6.03 Å². The minimum Gasteiger partial charge on any atom is -0.369 e. The third kappa shape index (κ3) is 6.56. The van der Waals surface area contributed by atoms with E-state index < -0.39 is 0 Å². The number of anilines is 3. The van der Waals surface area contributed by atoms with Crippen molar-refractivity contribution in [3.8, 4) is 6.07 Å². The number of hydrogen-bond acceptors (Lipinski definition) is 7. The van der Waals surface area contributed by atoms with Gasteiger partial charge in [0.1, 0.15) is 11.9 Å². The van der Waals surface area contributed by atoms with E-state index in [0.29, 0.717) is 41.4 Å². The van der Waals surface area contributed by atoms with Crippen molar-refractivity contribution in [2.75, 3.05) is 67.1 Å². The van der Waals surface area contributed by atoms with E-state index in [4.69, 9.17) is 16.6 Å². The molecule has 7 heterocycles. The van der Waals surface area contributed by atoms with Gasteiger partial charge in [-0.25, -0.2) is 9.78 Å². The number of amides is 3. The fourth-order valence-electron chi connectivity index (χ4n) is 9.45. The fraction of sp³-hybridized carbons (Fsp3) is 0.429. The molecule has 2 N–H and O–H groups in total. The zero-order valence-corrected chi connectivity index (χ0v) is 31.3. The van der Waals surface area contributed by atoms with Gasteiger partial charge < -0.3 is 24.3 Å². The number of aromatic amines is 1. The SMILES string of the molecule is N#Cc1c[nH]c2c(N3CCCC(c4ccc(N5CCC(CN6CCC(n7ccc8c(N9CCC(=O)NC9=O)cccc87)CC6)CC5)nc4)C3)ccc(Cl)c12. The van der Waals surface area contributed by atoms with E-state index in [1.54, 1.807) is 11.1 Å². The predicted octanol–water partition coefficient (Wildman–Crippen LogP) is 7.43. The van der Waals surface area contributed by atoms with Crippen molar-refractivity contribution in [3.05, 3.63) is 83.3 Å². The molecule has 5 aromatic rings. The molecule has 0 bridgehead atoms. The van der Waals surface area contributed by atoms with Gasteiger partial charge in [0.25, 0.3) is 0 Å². The lowest BCUT2D eigenvalue weighted by atomic mass is 9.91. The maximum absolute atomic E-state index is 12.6. The summed E-state index contributed by atoms with van der Waals surface area (Å²) >= 11 is 6.49. The number of halogens is 1. The van der Waals surface area contributed by atoms with Crippen molar-refractivity contribution in [2.24, 2.45) is 5.92 Å². The van der Waals surface area contributed by atoms with Gasteiger partial charge in [0, 0.05) is 100 Å². The Kier molecular flexibility index (Phi) is 9.41. The Bertz CT molecular complexity index is 2220. The summed E-state index contributed by atoms with van der Waals surface area (Å²) in [6.07, 6.45) is 13.2. The molecular weight excluding hydrogens is 698 g/mol. The summed E-state index contributed by atoms with van der Waals surface area (Å²) < 4.78 is 2.40. The number of benzene rings is 2. The van der Waals surface area contributed by atoms with Crippen LogP contribution in [0.4, 0.5) is 22.0 Å². The van der Waals surface area contributed by atoms with E-state index in [1.807, 2.05) is 18.2 Å². The molecule has 4 saturated heterocycles. The fourth-order valence-corrected chi connectivity index (χ4v) is 9.71. The second-order valence-corrected chi connectivity index (χ2v) is 15.9. The third-order valence-corrected chi connectivity index (χ3v) is 12.7. The van der Waals surface area contributed by atoms with Gasteiger partial charge in [-0.1, -0.05) is 23.7 Å². The van der Waals surface area contributed by atoms with Crippen LogP contribution in [-0.4, -0.2) is 83.7 Å². The van der Waals surface area contributed by atoms with E-state index in [-0.39, 0.29) is 11.9 Å². The summed E-state index contributed by atoms with van der Waals surface area (Å²) in [6.45, 7) is 7.72. The zero-order chi connectivity index (χ0) is 36.8. The van der Waals surface area contributed by atoms with Crippen LogP contribution in [0.3, 0.4) is 0 Å². The molecule has 278 valence electrons. The number of rotatable bonds is 7. The van der Waals surface area contributed by atoms with E-state index in [1.165, 1.54) is 18.4 Å². The highest BCUT2D eigenvalue weighted by atomic mass is 35.5. The molecule has 1 unspecified atom stereocenters. The molecule has 4 fully saturated rings. The van der Waals surface area contributed by atoms with Gasteiger partial charge in [-0.3, -0.25) is 15.0 Å². The maximum atomic E-state index is 12.6. The highest BCUT2D eigenvalue weighted by Gasteiger charge is 2.30. The highest BCUT2D eigenvalue weighted by molar-refractivity contribution is 6.36. The molecule has 4 aliphatic rings. The number of carbonyl (C=O) groups excluding carboxylic acids is 2. The van der Waals surface area contributed by atoms with Crippen molar-refractivity contribution >= 4 is 62.5 Å². The van der Waals surface area contributed by atoms with E-state index >= 15 is 0 Å². The molecule has 0 spiro atoms. The number of piperidine rings is 3. The van der Waals surface area contributed by atoms with E-state index in [2.05, 4.69) is 78.4 Å². The second kappa shape index (κ2) is 14.6. The molecule has 0 saturated carbocycles. The van der Waals surface area contributed by atoms with Crippen molar-refractivity contribution in [2.45, 2.75) is 56.9 Å². The highest BCUT2D eigenvalue weighted by Crippen LogP contribution is 2.38. The Balaban J connectivity index is 0.766. The number of carbonyl (C=O) groups is 2. The van der Waals surface area contributed by atoms with Crippen LogP contribution < -0.4 is 20.0 Å². The topological polar surface area (TPSA) is 117 Å². The summed E-state index contributed by atoms with van der Waals surface area (Å²) in [7, 11) is 0. The van der Waals surface area contributed by atoms with Crippen LogP contribution in [0.25, 0.3) is 21.8 Å². The number of nitriles is 1. The Morgan fingerprint density at radius 3 is 2.52 bits per heavy atom. The van der Waals surface area contributed by atoms with Crippen LogP contribution in [-0.2, 0) is 4.79 Å². The Morgan fingerprint density at radius 2 is 1.74 bits per heavy atom. The maximum Gasteiger partial charge on any atom is 0.328 e. The third-order valence-electron chi connectivity index (χ3n) is 12.4.